The molecular weight excluding hydrogens is 308 g/mol. The van der Waals surface area contributed by atoms with E-state index in [1.54, 1.807) is 28.3 Å². The second-order valence-corrected chi connectivity index (χ2v) is 5.55. The molecule has 0 aliphatic carbocycles. The Bertz CT molecular complexity index is 529. The first-order chi connectivity index (χ1) is 11.5. The van der Waals surface area contributed by atoms with Crippen LogP contribution in [0.15, 0.2) is 29.3 Å². The number of hydrogen-bond acceptors (Lipinski definition) is 4. The van der Waals surface area contributed by atoms with E-state index < -0.39 is 0 Å². The predicted molar refractivity (Wildman–Crippen MR) is 95.3 cm³/mol. The van der Waals surface area contributed by atoms with Gasteiger partial charge in [0, 0.05) is 41.3 Å². The van der Waals surface area contributed by atoms with Gasteiger partial charge in [-0.05, 0) is 17.7 Å². The lowest BCUT2D eigenvalue weighted by molar-refractivity contribution is -0.127. The van der Waals surface area contributed by atoms with Crippen LogP contribution in [0.4, 0.5) is 0 Å². The smallest absolute Gasteiger partial charge is 0.243 e. The van der Waals surface area contributed by atoms with Crippen LogP contribution in [0.5, 0.6) is 5.75 Å². The molecule has 1 aromatic carbocycles. The Morgan fingerprint density at radius 1 is 1.17 bits per heavy atom. The number of methoxy groups -OCH3 is 2. The topological polar surface area (TPSA) is 66.4 Å². The normalized spacial score (nSPS) is 11.1. The Hall–Kier alpha value is -2.28. The minimum Gasteiger partial charge on any atom is -0.497 e. The molecule has 7 nitrogen and oxygen atoms in total. The number of nitrogens with zero attached hydrogens (tertiary/aromatic N) is 3. The lowest BCUT2D eigenvalue weighted by atomic mass is 10.2. The summed E-state index contributed by atoms with van der Waals surface area (Å²) in [5.41, 5.74) is 1.12. The van der Waals surface area contributed by atoms with Gasteiger partial charge in [0.25, 0.3) is 0 Å². The van der Waals surface area contributed by atoms with Crippen LogP contribution >= 0.6 is 0 Å². The van der Waals surface area contributed by atoms with Crippen molar-refractivity contribution in [2.24, 2.45) is 4.99 Å². The summed E-state index contributed by atoms with van der Waals surface area (Å²) in [6.07, 6.45) is 0. The molecule has 1 N–H and O–H groups in total. The number of ether oxygens (including phenoxy) is 2. The summed E-state index contributed by atoms with van der Waals surface area (Å²) in [7, 11) is 8.67. The highest BCUT2D eigenvalue weighted by Gasteiger charge is 2.09. The summed E-state index contributed by atoms with van der Waals surface area (Å²) in [6.45, 7) is 1.96. The van der Waals surface area contributed by atoms with Gasteiger partial charge in [-0.2, -0.15) is 0 Å². The monoisotopic (exact) mass is 336 g/mol. The van der Waals surface area contributed by atoms with Crippen LogP contribution in [-0.2, 0) is 16.1 Å². The molecule has 0 fully saturated rings. The third kappa shape index (κ3) is 6.87. The number of guanidine groups is 1. The minimum absolute atomic E-state index is 0.0427. The number of carbonyl (C=O) groups excluding carboxylic acids is 1. The van der Waals surface area contributed by atoms with E-state index in [9.17, 15) is 4.79 Å². The van der Waals surface area contributed by atoms with Gasteiger partial charge in [0.15, 0.2) is 5.96 Å². The molecule has 0 unspecified atom stereocenters. The van der Waals surface area contributed by atoms with E-state index in [1.807, 2.05) is 36.2 Å². The first-order valence-electron chi connectivity index (χ1n) is 7.79. The summed E-state index contributed by atoms with van der Waals surface area (Å²) >= 11 is 0. The molecule has 1 rings (SSSR count). The minimum atomic E-state index is -0.0427. The number of carbonyl (C=O) groups is 1. The molecule has 0 radical (unpaired) electrons. The third-order valence-corrected chi connectivity index (χ3v) is 3.39. The number of aliphatic imine (C=N–C) groups is 1. The SMILES string of the molecule is COCCNC(=NCC(=O)N(C)C)N(C)Cc1ccc(OC)cc1. The van der Waals surface area contributed by atoms with Crippen molar-refractivity contribution in [1.82, 2.24) is 15.1 Å². The summed E-state index contributed by atoms with van der Waals surface area (Å²) in [5, 5.41) is 3.21. The predicted octanol–water partition coefficient (Wildman–Crippen LogP) is 0.807. The molecule has 0 aliphatic rings. The van der Waals surface area contributed by atoms with E-state index in [0.717, 1.165) is 11.3 Å². The number of nitrogens with one attached hydrogen (secondary N) is 1. The zero-order valence-corrected chi connectivity index (χ0v) is 15.2. The summed E-state index contributed by atoms with van der Waals surface area (Å²) in [4.78, 5) is 19.7. The van der Waals surface area contributed by atoms with Crippen LogP contribution in [0, 0.1) is 0 Å². The lowest BCUT2D eigenvalue weighted by Crippen LogP contribution is -2.40. The van der Waals surface area contributed by atoms with Crippen molar-refractivity contribution in [1.29, 1.82) is 0 Å². The maximum Gasteiger partial charge on any atom is 0.243 e. The average Bonchev–Trinajstić information content (AvgIpc) is 2.58. The molecule has 1 aromatic rings. The highest BCUT2D eigenvalue weighted by atomic mass is 16.5. The number of rotatable bonds is 8. The number of benzene rings is 1. The molecule has 0 saturated carbocycles. The van der Waals surface area contributed by atoms with Gasteiger partial charge < -0.3 is 24.6 Å². The molecule has 134 valence electrons. The molecule has 0 aliphatic heterocycles. The quantitative estimate of drug-likeness (QED) is 0.432. The van der Waals surface area contributed by atoms with E-state index >= 15 is 0 Å². The van der Waals surface area contributed by atoms with E-state index in [4.69, 9.17) is 9.47 Å². The molecular formula is C17H28N4O3. The Morgan fingerprint density at radius 3 is 2.38 bits per heavy atom. The van der Waals surface area contributed by atoms with Crippen molar-refractivity contribution >= 4 is 11.9 Å². The molecule has 0 spiro atoms. The number of amides is 1. The van der Waals surface area contributed by atoms with E-state index in [-0.39, 0.29) is 12.5 Å². The average molecular weight is 336 g/mol. The number of likely N-dealkylation sites (N-methyl/N-ethyl adjacent to an activating group) is 1. The van der Waals surface area contributed by atoms with Crippen molar-refractivity contribution in [3.8, 4) is 5.75 Å². The van der Waals surface area contributed by atoms with Crippen molar-refractivity contribution in [3.63, 3.8) is 0 Å². The standard InChI is InChI=1S/C17H28N4O3/c1-20(2)16(22)12-19-17(18-10-11-23-4)21(3)13-14-6-8-15(24-5)9-7-14/h6-9H,10-13H2,1-5H3,(H,18,19). The van der Waals surface area contributed by atoms with Crippen molar-refractivity contribution in [3.05, 3.63) is 29.8 Å². The summed E-state index contributed by atoms with van der Waals surface area (Å²) in [6, 6.07) is 7.86. The van der Waals surface area contributed by atoms with Crippen LogP contribution < -0.4 is 10.1 Å². The third-order valence-electron chi connectivity index (χ3n) is 3.39. The van der Waals surface area contributed by atoms with Gasteiger partial charge in [-0.3, -0.25) is 4.79 Å². The Labute approximate surface area is 144 Å². The van der Waals surface area contributed by atoms with E-state index in [0.29, 0.717) is 25.7 Å². The Kier molecular flexibility index (Phi) is 8.64. The fourth-order valence-electron chi connectivity index (χ4n) is 1.94. The van der Waals surface area contributed by atoms with Gasteiger partial charge in [0.05, 0.1) is 13.7 Å². The van der Waals surface area contributed by atoms with Crippen LogP contribution in [0.25, 0.3) is 0 Å². The van der Waals surface area contributed by atoms with Gasteiger partial charge in [-0.15, -0.1) is 0 Å². The summed E-state index contributed by atoms with van der Waals surface area (Å²) < 4.78 is 10.2. The second-order valence-electron chi connectivity index (χ2n) is 5.55. The fourth-order valence-corrected chi connectivity index (χ4v) is 1.94. The second kappa shape index (κ2) is 10.5. The van der Waals surface area contributed by atoms with Crippen LogP contribution in [-0.4, -0.2) is 76.7 Å². The zero-order chi connectivity index (χ0) is 17.9. The fraction of sp³-hybridized carbons (Fsp3) is 0.529. The van der Waals surface area contributed by atoms with Gasteiger partial charge in [-0.25, -0.2) is 4.99 Å². The molecule has 0 saturated heterocycles. The molecule has 0 heterocycles. The first kappa shape index (κ1) is 19.8. The highest BCUT2D eigenvalue weighted by molar-refractivity contribution is 5.84. The van der Waals surface area contributed by atoms with Gasteiger partial charge >= 0.3 is 0 Å². The van der Waals surface area contributed by atoms with Crippen LogP contribution in [0.1, 0.15) is 5.56 Å². The van der Waals surface area contributed by atoms with E-state index in [1.165, 1.54) is 4.90 Å². The maximum absolute atomic E-state index is 11.8. The molecule has 0 aromatic heterocycles. The Morgan fingerprint density at radius 2 is 1.83 bits per heavy atom. The van der Waals surface area contributed by atoms with Crippen LogP contribution in [0.3, 0.4) is 0 Å². The van der Waals surface area contributed by atoms with Crippen molar-refractivity contribution in [2.45, 2.75) is 6.54 Å². The molecule has 0 atom stereocenters. The summed E-state index contributed by atoms with van der Waals surface area (Å²) in [5.74, 6) is 1.45. The van der Waals surface area contributed by atoms with Crippen molar-refractivity contribution in [2.75, 3.05) is 55.1 Å². The van der Waals surface area contributed by atoms with Gasteiger partial charge in [0.1, 0.15) is 12.3 Å². The molecule has 24 heavy (non-hydrogen) atoms. The molecule has 0 bridgehead atoms. The largest absolute Gasteiger partial charge is 0.497 e. The first-order valence-corrected chi connectivity index (χ1v) is 7.79. The zero-order valence-electron chi connectivity index (χ0n) is 15.2. The van der Waals surface area contributed by atoms with Crippen molar-refractivity contribution < 1.29 is 14.3 Å². The Balaban J connectivity index is 2.74. The molecule has 1 amide bonds. The van der Waals surface area contributed by atoms with Gasteiger partial charge in [0.2, 0.25) is 5.91 Å². The van der Waals surface area contributed by atoms with Crippen LogP contribution in [0.2, 0.25) is 0 Å². The van der Waals surface area contributed by atoms with Gasteiger partial charge in [-0.1, -0.05) is 12.1 Å². The number of hydrogen-bond donors (Lipinski definition) is 1. The lowest BCUT2D eigenvalue weighted by Gasteiger charge is -2.23. The molecule has 7 heteroatoms. The highest BCUT2D eigenvalue weighted by Crippen LogP contribution is 2.12. The van der Waals surface area contributed by atoms with E-state index in [2.05, 4.69) is 10.3 Å². The maximum atomic E-state index is 11.8.